The molecule has 0 unspecified atom stereocenters. The highest BCUT2D eigenvalue weighted by atomic mass is 16.5. The van der Waals surface area contributed by atoms with Crippen molar-refractivity contribution < 1.29 is 14.3 Å². The van der Waals surface area contributed by atoms with Gasteiger partial charge in [0.2, 0.25) is 0 Å². The molecule has 1 aromatic heterocycles. The minimum absolute atomic E-state index is 0.0757. The number of benzene rings is 1. The maximum Gasteiger partial charge on any atom is 0.322 e. The monoisotopic (exact) mass is 367 g/mol. The molecule has 2 aromatic rings. The Bertz CT molecular complexity index is 781. The molecule has 1 fully saturated rings. The Labute approximate surface area is 159 Å². The summed E-state index contributed by atoms with van der Waals surface area (Å²) in [4.78, 5) is 19.1. The third-order valence-corrected chi connectivity index (χ3v) is 5.10. The average molecular weight is 367 g/mol. The second-order valence-electron chi connectivity index (χ2n) is 6.98. The Hall–Kier alpha value is -2.76. The number of carbonyl (C=O) groups excluding carboxylic acids is 1. The van der Waals surface area contributed by atoms with Gasteiger partial charge in [-0.15, -0.1) is 0 Å². The number of likely N-dealkylation sites (tertiary alicyclic amines) is 1. The van der Waals surface area contributed by atoms with Gasteiger partial charge in [-0.1, -0.05) is 12.8 Å². The van der Waals surface area contributed by atoms with Gasteiger partial charge in [0.25, 0.3) is 0 Å². The van der Waals surface area contributed by atoms with E-state index in [4.69, 9.17) is 9.47 Å². The minimum Gasteiger partial charge on any atom is -0.490 e. The molecule has 6 heteroatoms. The topological polar surface area (TPSA) is 63.7 Å². The Morgan fingerprint density at radius 1 is 1.00 bits per heavy atom. The van der Waals surface area contributed by atoms with E-state index in [0.717, 1.165) is 55.6 Å². The third-order valence-electron chi connectivity index (χ3n) is 5.10. The normalized spacial score (nSPS) is 19.7. The van der Waals surface area contributed by atoms with E-state index in [9.17, 15) is 4.79 Å². The van der Waals surface area contributed by atoms with Gasteiger partial charge < -0.3 is 19.7 Å². The Kier molecular flexibility index (Phi) is 5.42. The summed E-state index contributed by atoms with van der Waals surface area (Å²) in [5.41, 5.74) is 1.86. The molecular weight excluding hydrogens is 342 g/mol. The molecule has 2 aliphatic rings. The first kappa shape index (κ1) is 17.6. The Balaban J connectivity index is 1.52. The third kappa shape index (κ3) is 4.15. The van der Waals surface area contributed by atoms with Crippen LogP contribution in [0.4, 0.5) is 10.5 Å². The number of anilines is 1. The Morgan fingerprint density at radius 2 is 1.81 bits per heavy atom. The van der Waals surface area contributed by atoms with Crippen LogP contribution in [0.1, 0.15) is 43.7 Å². The van der Waals surface area contributed by atoms with Crippen molar-refractivity contribution in [2.75, 3.05) is 25.1 Å². The van der Waals surface area contributed by atoms with Gasteiger partial charge >= 0.3 is 6.03 Å². The molecule has 1 aromatic carbocycles. The van der Waals surface area contributed by atoms with Crippen LogP contribution in [0.5, 0.6) is 11.5 Å². The molecule has 0 aliphatic carbocycles. The number of aromatic nitrogens is 1. The zero-order valence-corrected chi connectivity index (χ0v) is 15.4. The predicted molar refractivity (Wildman–Crippen MR) is 103 cm³/mol. The van der Waals surface area contributed by atoms with Gasteiger partial charge in [0.1, 0.15) is 0 Å². The number of amides is 2. The molecule has 0 radical (unpaired) electrons. The quantitative estimate of drug-likeness (QED) is 0.855. The molecule has 1 N–H and O–H groups in total. The molecule has 3 heterocycles. The highest BCUT2D eigenvalue weighted by Crippen LogP contribution is 2.34. The van der Waals surface area contributed by atoms with Gasteiger partial charge in [0.15, 0.2) is 11.5 Å². The molecule has 1 atom stereocenters. The lowest BCUT2D eigenvalue weighted by molar-refractivity contribution is 0.189. The summed E-state index contributed by atoms with van der Waals surface area (Å²) in [7, 11) is 0. The number of carbonyl (C=O) groups is 1. The summed E-state index contributed by atoms with van der Waals surface area (Å²) >= 11 is 0. The number of fused-ring (bicyclic) bond motifs is 1. The molecule has 0 bridgehead atoms. The van der Waals surface area contributed by atoms with Crippen molar-refractivity contribution in [3.8, 4) is 11.5 Å². The summed E-state index contributed by atoms with van der Waals surface area (Å²) in [6.07, 6.45) is 8.71. The second kappa shape index (κ2) is 8.29. The molecule has 27 heavy (non-hydrogen) atoms. The van der Waals surface area contributed by atoms with Crippen LogP contribution in [0.25, 0.3) is 0 Å². The van der Waals surface area contributed by atoms with Crippen LogP contribution in [-0.4, -0.2) is 35.7 Å². The SMILES string of the molecule is O=C(Nc1ccc2c(c1)OCCCO2)N1CCCCC[C@H]1c1ccncc1. The van der Waals surface area contributed by atoms with Crippen LogP contribution in [0.3, 0.4) is 0 Å². The van der Waals surface area contributed by atoms with Gasteiger partial charge in [-0.3, -0.25) is 4.98 Å². The fraction of sp³-hybridized carbons (Fsp3) is 0.429. The summed E-state index contributed by atoms with van der Waals surface area (Å²) in [6, 6.07) is 9.58. The van der Waals surface area contributed by atoms with Crippen LogP contribution in [0.2, 0.25) is 0 Å². The fourth-order valence-corrected chi connectivity index (χ4v) is 3.72. The lowest BCUT2D eigenvalue weighted by Gasteiger charge is -2.30. The molecule has 1 saturated heterocycles. The van der Waals surface area contributed by atoms with Crippen molar-refractivity contribution in [1.82, 2.24) is 9.88 Å². The van der Waals surface area contributed by atoms with Gasteiger partial charge in [-0.25, -0.2) is 4.79 Å². The molecule has 0 spiro atoms. The van der Waals surface area contributed by atoms with Crippen LogP contribution < -0.4 is 14.8 Å². The van der Waals surface area contributed by atoms with Crippen molar-refractivity contribution in [3.63, 3.8) is 0 Å². The number of pyridine rings is 1. The average Bonchev–Trinajstić information content (AvgIpc) is 3.09. The van der Waals surface area contributed by atoms with Crippen molar-refractivity contribution in [3.05, 3.63) is 48.3 Å². The zero-order valence-electron chi connectivity index (χ0n) is 15.4. The second-order valence-corrected chi connectivity index (χ2v) is 6.98. The first-order chi connectivity index (χ1) is 13.3. The van der Waals surface area contributed by atoms with Gasteiger partial charge in [0.05, 0.1) is 19.3 Å². The summed E-state index contributed by atoms with van der Waals surface area (Å²) in [6.45, 7) is 2.03. The number of hydrogen-bond donors (Lipinski definition) is 1. The zero-order chi connectivity index (χ0) is 18.5. The van der Waals surface area contributed by atoms with Crippen molar-refractivity contribution in [2.24, 2.45) is 0 Å². The van der Waals surface area contributed by atoms with Crippen LogP contribution in [0.15, 0.2) is 42.7 Å². The summed E-state index contributed by atoms with van der Waals surface area (Å²) in [5, 5.41) is 3.05. The van der Waals surface area contributed by atoms with E-state index in [-0.39, 0.29) is 12.1 Å². The van der Waals surface area contributed by atoms with E-state index < -0.39 is 0 Å². The smallest absolute Gasteiger partial charge is 0.322 e. The highest BCUT2D eigenvalue weighted by Gasteiger charge is 2.27. The maximum absolute atomic E-state index is 13.1. The van der Waals surface area contributed by atoms with Crippen LogP contribution in [-0.2, 0) is 0 Å². The molecule has 6 nitrogen and oxygen atoms in total. The highest BCUT2D eigenvalue weighted by molar-refractivity contribution is 5.90. The fourth-order valence-electron chi connectivity index (χ4n) is 3.72. The molecular formula is C21H25N3O3. The number of hydrogen-bond acceptors (Lipinski definition) is 4. The Morgan fingerprint density at radius 3 is 2.67 bits per heavy atom. The van der Waals surface area contributed by atoms with E-state index in [1.54, 1.807) is 12.4 Å². The van der Waals surface area contributed by atoms with Gasteiger partial charge in [0, 0.05) is 37.1 Å². The van der Waals surface area contributed by atoms with Gasteiger partial charge in [-0.2, -0.15) is 0 Å². The number of nitrogens with one attached hydrogen (secondary N) is 1. The van der Waals surface area contributed by atoms with E-state index in [2.05, 4.69) is 10.3 Å². The largest absolute Gasteiger partial charge is 0.490 e. The lowest BCUT2D eigenvalue weighted by Crippen LogP contribution is -2.38. The minimum atomic E-state index is -0.0757. The maximum atomic E-state index is 13.1. The predicted octanol–water partition coefficient (Wildman–Crippen LogP) is 4.39. The van der Waals surface area contributed by atoms with E-state index in [0.29, 0.717) is 19.0 Å². The number of ether oxygens (including phenoxy) is 2. The van der Waals surface area contributed by atoms with E-state index >= 15 is 0 Å². The summed E-state index contributed by atoms with van der Waals surface area (Å²) < 4.78 is 11.4. The first-order valence-corrected chi connectivity index (χ1v) is 9.68. The van der Waals surface area contributed by atoms with Crippen molar-refractivity contribution in [1.29, 1.82) is 0 Å². The first-order valence-electron chi connectivity index (χ1n) is 9.68. The molecule has 2 amide bonds. The number of nitrogens with zero attached hydrogens (tertiary/aromatic N) is 2. The van der Waals surface area contributed by atoms with Crippen LogP contribution in [0, 0.1) is 0 Å². The van der Waals surface area contributed by atoms with Crippen molar-refractivity contribution in [2.45, 2.75) is 38.1 Å². The molecule has 4 rings (SSSR count). The lowest BCUT2D eigenvalue weighted by atomic mass is 10.0. The molecule has 2 aliphatic heterocycles. The van der Waals surface area contributed by atoms with E-state index in [1.165, 1.54) is 0 Å². The van der Waals surface area contributed by atoms with E-state index in [1.807, 2.05) is 35.2 Å². The number of rotatable bonds is 2. The number of urea groups is 1. The molecule has 0 saturated carbocycles. The standard InChI is InChI=1S/C21H25N3O3/c25-21(23-17-6-7-19-20(15-17)27-14-4-13-26-19)24-12-3-1-2-5-18(24)16-8-10-22-11-9-16/h6-11,15,18H,1-5,12-14H2,(H,23,25)/t18-/m0/s1. The molecule has 142 valence electrons. The van der Waals surface area contributed by atoms with Crippen LogP contribution >= 0.6 is 0 Å². The van der Waals surface area contributed by atoms with Crippen molar-refractivity contribution >= 4 is 11.7 Å². The van der Waals surface area contributed by atoms with Gasteiger partial charge in [-0.05, 0) is 42.7 Å². The summed E-state index contributed by atoms with van der Waals surface area (Å²) in [5.74, 6) is 1.42.